The van der Waals surface area contributed by atoms with E-state index in [1.54, 1.807) is 24.3 Å². The van der Waals surface area contributed by atoms with Crippen LogP contribution in [0.15, 0.2) is 108 Å². The summed E-state index contributed by atoms with van der Waals surface area (Å²) in [5.74, 6) is -1.06. The lowest BCUT2D eigenvalue weighted by Gasteiger charge is -2.34. The monoisotopic (exact) mass is 677 g/mol. The van der Waals surface area contributed by atoms with Gasteiger partial charge < -0.3 is 15.0 Å². The summed E-state index contributed by atoms with van der Waals surface area (Å²) in [6.07, 6.45) is 3.90. The van der Waals surface area contributed by atoms with Gasteiger partial charge in [0.05, 0.1) is 17.7 Å². The fourth-order valence-electron chi connectivity index (χ4n) is 5.74. The van der Waals surface area contributed by atoms with E-state index in [9.17, 15) is 22.4 Å². The predicted molar refractivity (Wildman–Crippen MR) is 180 cm³/mol. The van der Waals surface area contributed by atoms with Crippen LogP contribution >= 0.6 is 11.6 Å². The van der Waals surface area contributed by atoms with Crippen LogP contribution in [0.1, 0.15) is 36.8 Å². The molecule has 1 aliphatic rings. The van der Waals surface area contributed by atoms with Gasteiger partial charge in [-0.3, -0.25) is 13.9 Å². The lowest BCUT2D eigenvalue weighted by molar-refractivity contribution is -0.140. The van der Waals surface area contributed by atoms with E-state index in [2.05, 4.69) is 5.32 Å². The van der Waals surface area contributed by atoms with Gasteiger partial charge in [0.25, 0.3) is 10.0 Å². The van der Waals surface area contributed by atoms with Crippen LogP contribution in [0.25, 0.3) is 0 Å². The summed E-state index contributed by atoms with van der Waals surface area (Å²) >= 11 is 6.56. The Labute approximate surface area is 280 Å². The standard InChI is InChI=1S/C36H37ClFN3O5S/c1-46-31-19-21-32(22-20-31)47(44,45)41(30-17-15-28(38)16-18-30)25-35(42)40(24-27-11-5-8-14-33(27)37)34(23-26-9-3-2-4-10-26)36(43)39-29-12-6-7-13-29/h2-5,8-11,14-22,29,34H,6-7,12-13,23-25H2,1H3,(H,39,43)/t34-/m0/s1. The molecular weight excluding hydrogens is 641 g/mol. The van der Waals surface area contributed by atoms with Gasteiger partial charge in [-0.1, -0.05) is 73.0 Å². The van der Waals surface area contributed by atoms with Crippen LogP contribution < -0.4 is 14.4 Å². The summed E-state index contributed by atoms with van der Waals surface area (Å²) in [6, 6.07) is 26.0. The second-order valence-corrected chi connectivity index (χ2v) is 13.7. The van der Waals surface area contributed by atoms with E-state index in [0.717, 1.165) is 47.7 Å². The van der Waals surface area contributed by atoms with Gasteiger partial charge in [-0.05, 0) is 78.6 Å². The van der Waals surface area contributed by atoms with Crippen LogP contribution in [0, 0.1) is 5.82 Å². The minimum absolute atomic E-state index is 0.01000. The maximum Gasteiger partial charge on any atom is 0.264 e. The molecular formula is C36H37ClFN3O5S. The number of carbonyl (C=O) groups excluding carboxylic acids is 2. The minimum atomic E-state index is -4.34. The molecule has 47 heavy (non-hydrogen) atoms. The number of nitrogens with one attached hydrogen (secondary N) is 1. The Bertz CT molecular complexity index is 1770. The first-order chi connectivity index (χ1) is 22.7. The number of carbonyl (C=O) groups is 2. The molecule has 11 heteroatoms. The average Bonchev–Trinajstić information content (AvgIpc) is 3.60. The number of anilines is 1. The maximum atomic E-state index is 14.6. The van der Waals surface area contributed by atoms with Crippen molar-refractivity contribution in [2.45, 2.75) is 55.6 Å². The van der Waals surface area contributed by atoms with Gasteiger partial charge in [0.15, 0.2) is 0 Å². The van der Waals surface area contributed by atoms with Crippen LogP contribution in [0.2, 0.25) is 5.02 Å². The van der Waals surface area contributed by atoms with Crippen molar-refractivity contribution in [1.29, 1.82) is 0 Å². The molecule has 0 heterocycles. The third kappa shape index (κ3) is 8.50. The lowest BCUT2D eigenvalue weighted by Crippen LogP contribution is -2.54. The highest BCUT2D eigenvalue weighted by Crippen LogP contribution is 2.28. The molecule has 0 saturated heterocycles. The van der Waals surface area contributed by atoms with Crippen molar-refractivity contribution in [2.75, 3.05) is 18.0 Å². The summed E-state index contributed by atoms with van der Waals surface area (Å²) in [6.45, 7) is -0.708. The van der Waals surface area contributed by atoms with Crippen molar-refractivity contribution >= 4 is 39.1 Å². The largest absolute Gasteiger partial charge is 0.497 e. The fourth-order valence-corrected chi connectivity index (χ4v) is 7.35. The van der Waals surface area contributed by atoms with E-state index in [0.29, 0.717) is 16.3 Å². The number of sulfonamides is 1. The predicted octanol–water partition coefficient (Wildman–Crippen LogP) is 6.38. The SMILES string of the molecule is COc1ccc(S(=O)(=O)N(CC(=O)N(Cc2ccccc2Cl)[C@@H](Cc2ccccc2)C(=O)NC2CCCC2)c2ccc(F)cc2)cc1. The molecule has 0 spiro atoms. The van der Waals surface area contributed by atoms with Crippen molar-refractivity contribution in [3.05, 3.63) is 125 Å². The number of nitrogens with zero attached hydrogens (tertiary/aromatic N) is 2. The molecule has 2 amide bonds. The van der Waals surface area contributed by atoms with Gasteiger partial charge in [-0.25, -0.2) is 12.8 Å². The third-order valence-electron chi connectivity index (χ3n) is 8.31. The van der Waals surface area contributed by atoms with Crippen LogP contribution in [0.4, 0.5) is 10.1 Å². The van der Waals surface area contributed by atoms with Crippen LogP contribution in [-0.4, -0.2) is 50.9 Å². The zero-order chi connectivity index (χ0) is 33.4. The van der Waals surface area contributed by atoms with E-state index in [1.807, 2.05) is 30.3 Å². The molecule has 1 saturated carbocycles. The van der Waals surface area contributed by atoms with E-state index < -0.39 is 34.3 Å². The highest BCUT2D eigenvalue weighted by Gasteiger charge is 2.36. The molecule has 246 valence electrons. The number of halogens is 2. The third-order valence-corrected chi connectivity index (χ3v) is 10.5. The molecule has 4 aromatic rings. The fraction of sp³-hybridized carbons (Fsp3) is 0.278. The molecule has 0 aromatic heterocycles. The van der Waals surface area contributed by atoms with E-state index in [-0.39, 0.29) is 35.5 Å². The summed E-state index contributed by atoms with van der Waals surface area (Å²) in [7, 11) is -2.88. The Balaban J connectivity index is 1.56. The summed E-state index contributed by atoms with van der Waals surface area (Å²) < 4.78 is 48.4. The lowest BCUT2D eigenvalue weighted by atomic mass is 10.0. The molecule has 8 nitrogen and oxygen atoms in total. The second kappa shape index (κ2) is 15.5. The second-order valence-electron chi connectivity index (χ2n) is 11.5. The molecule has 4 aromatic carbocycles. The van der Waals surface area contributed by atoms with Crippen molar-refractivity contribution in [1.82, 2.24) is 10.2 Å². The summed E-state index contributed by atoms with van der Waals surface area (Å²) in [4.78, 5) is 29.9. The van der Waals surface area contributed by atoms with Gasteiger partial charge >= 0.3 is 0 Å². The normalized spacial score (nSPS) is 13.9. The maximum absolute atomic E-state index is 14.6. The topological polar surface area (TPSA) is 96.0 Å². The Kier molecular flexibility index (Phi) is 11.2. The first kappa shape index (κ1) is 33.9. The molecule has 0 radical (unpaired) electrons. The summed E-state index contributed by atoms with van der Waals surface area (Å²) in [5.41, 5.74) is 1.51. The number of ether oxygens (including phenoxy) is 1. The zero-order valence-electron chi connectivity index (χ0n) is 26.0. The molecule has 1 aliphatic carbocycles. The zero-order valence-corrected chi connectivity index (χ0v) is 27.6. The molecule has 1 fully saturated rings. The summed E-state index contributed by atoms with van der Waals surface area (Å²) in [5, 5.41) is 3.55. The highest BCUT2D eigenvalue weighted by atomic mass is 35.5. The number of rotatable bonds is 13. The van der Waals surface area contributed by atoms with E-state index in [1.165, 1.54) is 48.4 Å². The first-order valence-electron chi connectivity index (χ1n) is 15.5. The quantitative estimate of drug-likeness (QED) is 0.177. The number of benzene rings is 4. The molecule has 0 bridgehead atoms. The Morgan fingerprint density at radius 2 is 1.55 bits per heavy atom. The molecule has 1 atom stereocenters. The Hall–Kier alpha value is -4.41. The van der Waals surface area contributed by atoms with Crippen LogP contribution in [0.3, 0.4) is 0 Å². The Morgan fingerprint density at radius 3 is 2.19 bits per heavy atom. The Morgan fingerprint density at radius 1 is 0.915 bits per heavy atom. The number of amides is 2. The van der Waals surface area contributed by atoms with E-state index >= 15 is 0 Å². The average molecular weight is 678 g/mol. The number of hydrogen-bond acceptors (Lipinski definition) is 5. The van der Waals surface area contributed by atoms with Crippen molar-refractivity contribution in [3.63, 3.8) is 0 Å². The van der Waals surface area contributed by atoms with Gasteiger partial charge in [0.2, 0.25) is 11.8 Å². The van der Waals surface area contributed by atoms with Gasteiger partial charge in [-0.2, -0.15) is 0 Å². The minimum Gasteiger partial charge on any atom is -0.497 e. The van der Waals surface area contributed by atoms with Crippen molar-refractivity contribution < 1.29 is 27.1 Å². The molecule has 5 rings (SSSR count). The van der Waals surface area contributed by atoms with E-state index in [4.69, 9.17) is 16.3 Å². The van der Waals surface area contributed by atoms with Crippen LogP contribution in [0.5, 0.6) is 5.75 Å². The smallest absolute Gasteiger partial charge is 0.264 e. The van der Waals surface area contributed by atoms with Gasteiger partial charge in [0.1, 0.15) is 24.2 Å². The highest BCUT2D eigenvalue weighted by molar-refractivity contribution is 7.92. The first-order valence-corrected chi connectivity index (χ1v) is 17.3. The molecule has 1 N–H and O–H groups in total. The van der Waals surface area contributed by atoms with Crippen molar-refractivity contribution in [2.24, 2.45) is 0 Å². The van der Waals surface area contributed by atoms with Crippen molar-refractivity contribution in [3.8, 4) is 5.75 Å². The van der Waals surface area contributed by atoms with Gasteiger partial charge in [-0.15, -0.1) is 0 Å². The number of methoxy groups -OCH3 is 1. The van der Waals surface area contributed by atoms with Gasteiger partial charge in [0, 0.05) is 24.0 Å². The molecule has 0 aliphatic heterocycles. The van der Waals surface area contributed by atoms with Crippen LogP contribution in [-0.2, 0) is 32.6 Å². The molecule has 0 unspecified atom stereocenters. The number of hydrogen-bond donors (Lipinski definition) is 1.